The molecule has 0 spiro atoms. The van der Waals surface area contributed by atoms with E-state index in [0.717, 1.165) is 20.1 Å². The molecule has 2 aliphatic heterocycles. The second-order valence-electron chi connectivity index (χ2n) is 12.6. The summed E-state index contributed by atoms with van der Waals surface area (Å²) in [6.45, 7) is 0.0709. The van der Waals surface area contributed by atoms with Gasteiger partial charge in [-0.1, -0.05) is 95.2 Å². The molecule has 10 heteroatoms. The monoisotopic (exact) mass is 788 g/mol. The lowest BCUT2D eigenvalue weighted by Crippen LogP contribution is -2.59. The van der Waals surface area contributed by atoms with E-state index in [1.165, 1.54) is 9.80 Å². The number of benzene rings is 4. The van der Waals surface area contributed by atoms with Crippen molar-refractivity contribution in [1.29, 1.82) is 0 Å². The van der Waals surface area contributed by atoms with Gasteiger partial charge in [0.15, 0.2) is 0 Å². The lowest BCUT2D eigenvalue weighted by atomic mass is 9.64. The Morgan fingerprint density at radius 3 is 1.14 bits per heavy atom. The number of halogens is 2. The second-order valence-corrected chi connectivity index (χ2v) is 14.4. The summed E-state index contributed by atoms with van der Waals surface area (Å²) in [7, 11) is 0. The third-order valence-electron chi connectivity index (χ3n) is 9.86. The minimum Gasteiger partial charge on any atom is -0.396 e. The van der Waals surface area contributed by atoms with E-state index in [-0.39, 0.29) is 51.0 Å². The van der Waals surface area contributed by atoms with Crippen LogP contribution in [0, 0.1) is 5.92 Å². The maximum absolute atomic E-state index is 12.9. The van der Waals surface area contributed by atoms with Gasteiger partial charge >= 0.3 is 0 Å². The summed E-state index contributed by atoms with van der Waals surface area (Å²) < 4.78 is 1.88. The number of carbonyl (C=O) groups is 4. The van der Waals surface area contributed by atoms with Crippen molar-refractivity contribution in [2.75, 3.05) is 6.61 Å². The Bertz CT molecular complexity index is 1840. The number of hydrogen-bond donors (Lipinski definition) is 2. The normalized spacial score (nSPS) is 24.8. The van der Waals surface area contributed by atoms with Crippen LogP contribution in [0.15, 0.2) is 106 Å². The van der Waals surface area contributed by atoms with Gasteiger partial charge in [0.25, 0.3) is 23.6 Å². The first kappa shape index (κ1) is 36.3. The van der Waals surface area contributed by atoms with E-state index in [1.54, 1.807) is 48.5 Å². The number of amides is 4. The molecule has 2 heterocycles. The Morgan fingerprint density at radius 1 is 0.551 bits per heavy atom. The van der Waals surface area contributed by atoms with Gasteiger partial charge in [-0.15, -0.1) is 0 Å². The number of rotatable bonds is 5. The topological polar surface area (TPSA) is 115 Å². The lowest BCUT2D eigenvalue weighted by molar-refractivity contribution is -0.0508. The highest BCUT2D eigenvalue weighted by atomic mass is 79.9. The molecule has 0 saturated heterocycles. The Balaban J connectivity index is 0.000000184. The van der Waals surface area contributed by atoms with Crippen molar-refractivity contribution in [3.05, 3.63) is 139 Å². The quantitative estimate of drug-likeness (QED) is 0.200. The van der Waals surface area contributed by atoms with Gasteiger partial charge in [-0.2, -0.15) is 0 Å². The molecule has 4 aromatic rings. The Labute approximate surface area is 303 Å². The number of aliphatic hydroxyl groups excluding tert-OH is 2. The van der Waals surface area contributed by atoms with Gasteiger partial charge in [0.2, 0.25) is 0 Å². The van der Waals surface area contributed by atoms with Crippen LogP contribution in [0.2, 0.25) is 0 Å². The van der Waals surface area contributed by atoms with E-state index < -0.39 is 17.2 Å². The van der Waals surface area contributed by atoms with Gasteiger partial charge in [-0.3, -0.25) is 29.0 Å². The minimum absolute atomic E-state index is 0. The van der Waals surface area contributed by atoms with E-state index >= 15 is 0 Å². The molecule has 4 amide bonds. The molecule has 49 heavy (non-hydrogen) atoms. The zero-order valence-electron chi connectivity index (χ0n) is 25.1. The summed E-state index contributed by atoms with van der Waals surface area (Å²) >= 11 is 6.82. The fourth-order valence-corrected chi connectivity index (χ4v) is 8.04. The molecule has 2 fully saturated rings. The first-order valence-electron chi connectivity index (χ1n) is 15.4. The van der Waals surface area contributed by atoms with Crippen LogP contribution in [0.5, 0.6) is 0 Å². The van der Waals surface area contributed by atoms with Crippen LogP contribution in [0.1, 0.15) is 93.1 Å². The van der Waals surface area contributed by atoms with E-state index in [2.05, 4.69) is 31.9 Å². The van der Waals surface area contributed by atoms with Crippen molar-refractivity contribution in [1.82, 2.24) is 9.80 Å². The largest absolute Gasteiger partial charge is 0.396 e. The highest BCUT2D eigenvalue weighted by Crippen LogP contribution is 2.53. The SMILES string of the molecule is C.C.O=C1c2ccccc2C(=O)N1C1(c2ccc(Br)cc2)CC(CO)C1.O=C1c2ccccc2C(=O)N1C1(c2ccc(Br)cc2)CC(O)C1. The second kappa shape index (κ2) is 13.7. The number of imide groups is 2. The van der Waals surface area contributed by atoms with Gasteiger partial charge in [0, 0.05) is 28.4 Å². The minimum atomic E-state index is -0.757. The third kappa shape index (κ3) is 5.78. The molecule has 0 unspecified atom stereocenters. The van der Waals surface area contributed by atoms with Gasteiger partial charge in [0.05, 0.1) is 39.4 Å². The highest BCUT2D eigenvalue weighted by Gasteiger charge is 2.57. The molecular formula is C39H38Br2N2O6. The lowest BCUT2D eigenvalue weighted by Gasteiger charge is -2.52. The van der Waals surface area contributed by atoms with E-state index in [1.807, 2.05) is 48.5 Å². The number of fused-ring (bicyclic) bond motifs is 2. The standard InChI is InChI=1S/C19H16BrNO3.C18H14BrNO3.2CH4/c20-14-7-5-13(6-8-14)19(9-12(10-19)11-22)21-17(23)15-3-1-2-4-16(15)18(21)24;19-12-7-5-11(6-8-12)18(9-13(21)10-18)20-16(22)14-3-1-2-4-15(14)17(20)23;;/h1-8,12,22H,9-11H2;1-8,13,21H,9-10H2;2*1H4. The average Bonchev–Trinajstić information content (AvgIpc) is 3.45. The first-order valence-corrected chi connectivity index (χ1v) is 16.9. The molecule has 2 N–H and O–H groups in total. The van der Waals surface area contributed by atoms with Gasteiger partial charge in [-0.05, 0) is 78.4 Å². The van der Waals surface area contributed by atoms with Gasteiger partial charge < -0.3 is 10.2 Å². The van der Waals surface area contributed by atoms with Crippen LogP contribution in [-0.2, 0) is 11.1 Å². The first-order chi connectivity index (χ1) is 22.6. The molecule has 2 saturated carbocycles. The van der Waals surface area contributed by atoms with Crippen molar-refractivity contribution in [3.63, 3.8) is 0 Å². The van der Waals surface area contributed by atoms with E-state index in [4.69, 9.17) is 0 Å². The van der Waals surface area contributed by atoms with Crippen molar-refractivity contribution >= 4 is 55.5 Å². The molecule has 2 aliphatic carbocycles. The van der Waals surface area contributed by atoms with Crippen molar-refractivity contribution < 1.29 is 29.4 Å². The molecule has 4 aromatic carbocycles. The maximum Gasteiger partial charge on any atom is 0.262 e. The molecule has 4 aliphatic rings. The molecule has 0 atom stereocenters. The Hall–Kier alpha value is -3.96. The van der Waals surface area contributed by atoms with Gasteiger partial charge in [0.1, 0.15) is 0 Å². The zero-order chi connectivity index (χ0) is 33.1. The number of nitrogens with zero attached hydrogens (tertiary/aromatic N) is 2. The smallest absolute Gasteiger partial charge is 0.262 e. The van der Waals surface area contributed by atoms with Crippen LogP contribution >= 0.6 is 31.9 Å². The van der Waals surface area contributed by atoms with E-state index in [0.29, 0.717) is 47.9 Å². The van der Waals surface area contributed by atoms with Crippen molar-refractivity contribution in [3.8, 4) is 0 Å². The summed E-state index contributed by atoms with van der Waals surface area (Å²) in [5.74, 6) is -0.927. The summed E-state index contributed by atoms with van der Waals surface area (Å²) in [5, 5.41) is 19.4. The fraction of sp³-hybridized carbons (Fsp3) is 0.282. The molecule has 0 bridgehead atoms. The average molecular weight is 791 g/mol. The molecular weight excluding hydrogens is 752 g/mol. The predicted octanol–water partition coefficient (Wildman–Crippen LogP) is 7.71. The summed E-state index contributed by atoms with van der Waals surface area (Å²) in [6, 6.07) is 29.1. The zero-order valence-corrected chi connectivity index (χ0v) is 28.3. The number of hydrogen-bond acceptors (Lipinski definition) is 6. The molecule has 254 valence electrons. The van der Waals surface area contributed by atoms with Crippen molar-refractivity contribution in [2.45, 2.75) is 57.7 Å². The molecule has 8 rings (SSSR count). The summed E-state index contributed by atoms with van der Waals surface area (Å²) in [4.78, 5) is 54.2. The number of carbonyl (C=O) groups excluding carboxylic acids is 4. The predicted molar refractivity (Wildman–Crippen MR) is 194 cm³/mol. The Kier molecular flexibility index (Phi) is 10.2. The van der Waals surface area contributed by atoms with Crippen molar-refractivity contribution in [2.24, 2.45) is 5.92 Å². The molecule has 8 nitrogen and oxygen atoms in total. The van der Waals surface area contributed by atoms with Gasteiger partial charge in [-0.25, -0.2) is 0 Å². The van der Waals surface area contributed by atoms with Crippen LogP contribution in [0.4, 0.5) is 0 Å². The number of aliphatic hydroxyl groups is 2. The van der Waals surface area contributed by atoms with Crippen LogP contribution in [0.3, 0.4) is 0 Å². The summed E-state index contributed by atoms with van der Waals surface area (Å²) in [6.07, 6.45) is 1.44. The van der Waals surface area contributed by atoms with Crippen LogP contribution in [-0.4, -0.2) is 56.4 Å². The Morgan fingerprint density at radius 2 is 0.857 bits per heavy atom. The third-order valence-corrected chi connectivity index (χ3v) is 10.9. The van der Waals surface area contributed by atoms with E-state index in [9.17, 15) is 29.4 Å². The molecule has 0 aromatic heterocycles. The van der Waals surface area contributed by atoms with Crippen LogP contribution < -0.4 is 0 Å². The van der Waals surface area contributed by atoms with Crippen LogP contribution in [0.25, 0.3) is 0 Å². The highest BCUT2D eigenvalue weighted by molar-refractivity contribution is 9.10. The summed E-state index contributed by atoms with van der Waals surface area (Å²) in [5.41, 5.74) is 2.20. The molecule has 0 radical (unpaired) electrons. The maximum atomic E-state index is 12.9. The fourth-order valence-electron chi connectivity index (χ4n) is 7.52.